The van der Waals surface area contributed by atoms with Gasteiger partial charge < -0.3 is 4.57 Å². The van der Waals surface area contributed by atoms with Crippen LogP contribution in [-0.4, -0.2) is 10.4 Å². The zero-order valence-electron chi connectivity index (χ0n) is 13.0. The van der Waals surface area contributed by atoms with Gasteiger partial charge in [-0.3, -0.25) is 9.59 Å². The SMILES string of the molecule is CC(=O)c1ccc(C)n(Cc2ccc(C(C)C)cc2)c1=O. The van der Waals surface area contributed by atoms with Crippen LogP contribution in [0.5, 0.6) is 0 Å². The molecule has 2 aromatic rings. The standard InChI is InChI=1S/C18H21NO2/c1-12(2)16-8-6-15(7-9-16)11-19-13(3)5-10-17(14(4)20)18(19)21/h5-10,12H,11H2,1-4H3. The van der Waals surface area contributed by atoms with Gasteiger partial charge in [0.25, 0.3) is 5.56 Å². The molecule has 0 bridgehead atoms. The van der Waals surface area contributed by atoms with Gasteiger partial charge in [0.05, 0.1) is 12.1 Å². The number of aromatic nitrogens is 1. The maximum absolute atomic E-state index is 12.4. The van der Waals surface area contributed by atoms with Crippen LogP contribution in [0.15, 0.2) is 41.2 Å². The lowest BCUT2D eigenvalue weighted by molar-refractivity contribution is 0.101. The normalized spacial score (nSPS) is 10.9. The summed E-state index contributed by atoms with van der Waals surface area (Å²) in [6, 6.07) is 11.7. The Morgan fingerprint density at radius 2 is 1.71 bits per heavy atom. The van der Waals surface area contributed by atoms with Crippen molar-refractivity contribution in [3.05, 3.63) is 69.1 Å². The molecule has 1 heterocycles. The third-order valence-corrected chi connectivity index (χ3v) is 3.76. The number of hydrogen-bond acceptors (Lipinski definition) is 2. The third-order valence-electron chi connectivity index (χ3n) is 3.76. The number of Topliss-reactive ketones (excluding diaryl/α,β-unsaturated/α-hetero) is 1. The summed E-state index contributed by atoms with van der Waals surface area (Å²) < 4.78 is 1.65. The summed E-state index contributed by atoms with van der Waals surface area (Å²) in [5.74, 6) is 0.299. The minimum atomic E-state index is -0.213. The number of aryl methyl sites for hydroxylation is 1. The number of benzene rings is 1. The van der Waals surface area contributed by atoms with E-state index in [1.165, 1.54) is 12.5 Å². The predicted octanol–water partition coefficient (Wildman–Crippen LogP) is 3.53. The van der Waals surface area contributed by atoms with Crippen LogP contribution in [0.1, 0.15) is 53.9 Å². The van der Waals surface area contributed by atoms with Gasteiger partial charge in [0.2, 0.25) is 0 Å². The summed E-state index contributed by atoms with van der Waals surface area (Å²) in [6.45, 7) is 8.10. The average molecular weight is 283 g/mol. The van der Waals surface area contributed by atoms with Crippen molar-refractivity contribution >= 4 is 5.78 Å². The molecule has 0 aliphatic rings. The van der Waals surface area contributed by atoms with Crippen LogP contribution in [-0.2, 0) is 6.54 Å². The van der Waals surface area contributed by atoms with E-state index in [1.54, 1.807) is 10.6 Å². The van der Waals surface area contributed by atoms with E-state index >= 15 is 0 Å². The molecular formula is C18H21NO2. The van der Waals surface area contributed by atoms with Gasteiger partial charge in [-0.05, 0) is 43.0 Å². The fourth-order valence-corrected chi connectivity index (χ4v) is 2.33. The Morgan fingerprint density at radius 1 is 1.10 bits per heavy atom. The van der Waals surface area contributed by atoms with Crippen molar-refractivity contribution in [2.75, 3.05) is 0 Å². The van der Waals surface area contributed by atoms with Crippen LogP contribution in [0, 0.1) is 6.92 Å². The molecule has 1 aromatic carbocycles. The van der Waals surface area contributed by atoms with E-state index in [4.69, 9.17) is 0 Å². The maximum atomic E-state index is 12.4. The van der Waals surface area contributed by atoms with Crippen molar-refractivity contribution in [1.29, 1.82) is 0 Å². The molecule has 1 aromatic heterocycles. The van der Waals surface area contributed by atoms with Gasteiger partial charge in [-0.2, -0.15) is 0 Å². The largest absolute Gasteiger partial charge is 0.308 e. The van der Waals surface area contributed by atoms with Crippen LogP contribution in [0.25, 0.3) is 0 Å². The van der Waals surface area contributed by atoms with Crippen molar-refractivity contribution in [3.8, 4) is 0 Å². The second-order valence-corrected chi connectivity index (χ2v) is 5.73. The molecule has 0 amide bonds. The number of pyridine rings is 1. The lowest BCUT2D eigenvalue weighted by Crippen LogP contribution is -2.27. The number of rotatable bonds is 4. The number of carbonyl (C=O) groups is 1. The molecule has 0 unspecified atom stereocenters. The molecule has 110 valence electrons. The smallest absolute Gasteiger partial charge is 0.261 e. The molecule has 0 fully saturated rings. The monoisotopic (exact) mass is 283 g/mol. The van der Waals surface area contributed by atoms with Crippen LogP contribution in [0.4, 0.5) is 0 Å². The number of hydrogen-bond donors (Lipinski definition) is 0. The zero-order valence-corrected chi connectivity index (χ0v) is 13.0. The number of carbonyl (C=O) groups excluding carboxylic acids is 1. The fourth-order valence-electron chi connectivity index (χ4n) is 2.33. The Hall–Kier alpha value is -2.16. The third kappa shape index (κ3) is 3.30. The molecule has 2 rings (SSSR count). The average Bonchev–Trinajstić information content (AvgIpc) is 2.43. The van der Waals surface area contributed by atoms with E-state index in [0.717, 1.165) is 11.3 Å². The molecule has 0 aliphatic heterocycles. The lowest BCUT2D eigenvalue weighted by Gasteiger charge is -2.12. The van der Waals surface area contributed by atoms with Gasteiger partial charge in [0.15, 0.2) is 5.78 Å². The lowest BCUT2D eigenvalue weighted by atomic mass is 10.0. The van der Waals surface area contributed by atoms with Crippen LogP contribution < -0.4 is 5.56 Å². The summed E-state index contributed by atoms with van der Waals surface area (Å²) >= 11 is 0. The molecule has 0 saturated heterocycles. The highest BCUT2D eigenvalue weighted by Crippen LogP contribution is 2.15. The number of ketones is 1. The predicted molar refractivity (Wildman–Crippen MR) is 85.1 cm³/mol. The van der Waals surface area contributed by atoms with Gasteiger partial charge >= 0.3 is 0 Å². The van der Waals surface area contributed by atoms with Gasteiger partial charge in [0.1, 0.15) is 0 Å². The van der Waals surface area contributed by atoms with E-state index in [1.807, 2.05) is 25.1 Å². The van der Waals surface area contributed by atoms with Crippen molar-refractivity contribution in [2.45, 2.75) is 40.2 Å². The summed E-state index contributed by atoms with van der Waals surface area (Å²) in [6.07, 6.45) is 0. The Kier molecular flexibility index (Phi) is 4.41. The Morgan fingerprint density at radius 3 is 2.24 bits per heavy atom. The van der Waals surface area contributed by atoms with Crippen molar-refractivity contribution in [3.63, 3.8) is 0 Å². The number of nitrogens with zero attached hydrogens (tertiary/aromatic N) is 1. The van der Waals surface area contributed by atoms with Crippen LogP contribution >= 0.6 is 0 Å². The molecule has 3 nitrogen and oxygen atoms in total. The minimum Gasteiger partial charge on any atom is -0.308 e. The van der Waals surface area contributed by atoms with E-state index < -0.39 is 0 Å². The highest BCUT2D eigenvalue weighted by molar-refractivity contribution is 5.93. The topological polar surface area (TPSA) is 39.1 Å². The molecule has 0 N–H and O–H groups in total. The first-order valence-electron chi connectivity index (χ1n) is 7.20. The molecule has 0 saturated carbocycles. The quantitative estimate of drug-likeness (QED) is 0.805. The molecular weight excluding hydrogens is 262 g/mol. The van der Waals surface area contributed by atoms with E-state index in [0.29, 0.717) is 12.5 Å². The van der Waals surface area contributed by atoms with E-state index in [-0.39, 0.29) is 16.9 Å². The highest BCUT2D eigenvalue weighted by atomic mass is 16.1. The van der Waals surface area contributed by atoms with Crippen molar-refractivity contribution < 1.29 is 4.79 Å². The van der Waals surface area contributed by atoms with Crippen LogP contribution in [0.3, 0.4) is 0 Å². The first kappa shape index (κ1) is 15.2. The molecule has 0 radical (unpaired) electrons. The molecule has 0 spiro atoms. The van der Waals surface area contributed by atoms with E-state index in [9.17, 15) is 9.59 Å². The summed E-state index contributed by atoms with van der Waals surface area (Å²) in [7, 11) is 0. The van der Waals surface area contributed by atoms with Crippen LogP contribution in [0.2, 0.25) is 0 Å². The fraction of sp³-hybridized carbons (Fsp3) is 0.333. The van der Waals surface area contributed by atoms with Crippen molar-refractivity contribution in [1.82, 2.24) is 4.57 Å². The Balaban J connectivity index is 2.37. The first-order valence-corrected chi connectivity index (χ1v) is 7.20. The maximum Gasteiger partial charge on any atom is 0.261 e. The highest BCUT2D eigenvalue weighted by Gasteiger charge is 2.10. The van der Waals surface area contributed by atoms with Crippen molar-refractivity contribution in [2.24, 2.45) is 0 Å². The second kappa shape index (κ2) is 6.08. The van der Waals surface area contributed by atoms with Gasteiger partial charge in [-0.25, -0.2) is 0 Å². The van der Waals surface area contributed by atoms with Gasteiger partial charge in [-0.15, -0.1) is 0 Å². The van der Waals surface area contributed by atoms with E-state index in [2.05, 4.69) is 26.0 Å². The molecule has 21 heavy (non-hydrogen) atoms. The first-order chi connectivity index (χ1) is 9.90. The second-order valence-electron chi connectivity index (χ2n) is 5.73. The van der Waals surface area contributed by atoms with Gasteiger partial charge in [0, 0.05) is 5.69 Å². The minimum absolute atomic E-state index is 0.191. The molecule has 0 atom stereocenters. The van der Waals surface area contributed by atoms with Gasteiger partial charge in [-0.1, -0.05) is 38.1 Å². The molecule has 0 aliphatic carbocycles. The Labute approximate surface area is 125 Å². The Bertz CT molecular complexity index is 709. The molecule has 3 heteroatoms. The summed E-state index contributed by atoms with van der Waals surface area (Å²) in [5.41, 5.74) is 3.23. The summed E-state index contributed by atoms with van der Waals surface area (Å²) in [5, 5.41) is 0. The summed E-state index contributed by atoms with van der Waals surface area (Å²) in [4.78, 5) is 23.8. The zero-order chi connectivity index (χ0) is 15.6.